The van der Waals surface area contributed by atoms with Gasteiger partial charge >= 0.3 is 0 Å². The van der Waals surface area contributed by atoms with E-state index in [2.05, 4.69) is 44.3 Å². The third kappa shape index (κ3) is 3.04. The van der Waals surface area contributed by atoms with Crippen molar-refractivity contribution in [2.45, 2.75) is 71.8 Å². The number of hydrogen-bond donors (Lipinski definition) is 1. The van der Waals surface area contributed by atoms with Gasteiger partial charge in [-0.3, -0.25) is 0 Å². The molecule has 0 bridgehead atoms. The van der Waals surface area contributed by atoms with Crippen molar-refractivity contribution in [2.24, 2.45) is 11.3 Å². The smallest absolute Gasteiger partial charge is 0.0353 e. The van der Waals surface area contributed by atoms with E-state index in [1.807, 2.05) is 0 Å². The largest absolute Gasteiger partial charge is 0.310 e. The van der Waals surface area contributed by atoms with Crippen LogP contribution in [0.4, 0.5) is 0 Å². The van der Waals surface area contributed by atoms with Gasteiger partial charge in [-0.15, -0.1) is 0 Å². The van der Waals surface area contributed by atoms with Crippen molar-refractivity contribution >= 4 is 0 Å². The number of rotatable bonds is 4. The maximum Gasteiger partial charge on any atom is 0.0353 e. The van der Waals surface area contributed by atoms with Gasteiger partial charge < -0.3 is 5.32 Å². The lowest BCUT2D eigenvalue weighted by atomic mass is 9.75. The normalized spacial score (nSPS) is 25.6. The lowest BCUT2D eigenvalue weighted by Crippen LogP contribution is -2.34. The second-order valence-corrected chi connectivity index (χ2v) is 7.76. The molecule has 0 heterocycles. The molecular weight excluding hydrogens is 254 g/mol. The Bertz CT molecular complexity index is 489. The van der Waals surface area contributed by atoms with Crippen LogP contribution in [0.3, 0.4) is 0 Å². The summed E-state index contributed by atoms with van der Waals surface area (Å²) >= 11 is 0. The molecule has 1 aromatic rings. The molecule has 116 valence electrons. The predicted molar refractivity (Wildman–Crippen MR) is 90.6 cm³/mol. The molecule has 2 aliphatic rings. The number of benzene rings is 1. The Morgan fingerprint density at radius 1 is 1.14 bits per heavy atom. The lowest BCUT2D eigenvalue weighted by molar-refractivity contribution is 0.199. The van der Waals surface area contributed by atoms with Crippen LogP contribution in [-0.4, -0.2) is 6.54 Å². The first-order valence-electron chi connectivity index (χ1n) is 8.97. The van der Waals surface area contributed by atoms with Gasteiger partial charge in [-0.05, 0) is 73.1 Å². The zero-order valence-electron chi connectivity index (χ0n) is 14.0. The summed E-state index contributed by atoms with van der Waals surface area (Å²) in [4.78, 5) is 0. The maximum absolute atomic E-state index is 3.80. The first-order chi connectivity index (χ1) is 10.1. The van der Waals surface area contributed by atoms with Crippen LogP contribution in [0.5, 0.6) is 0 Å². The molecule has 0 aliphatic heterocycles. The van der Waals surface area contributed by atoms with Crippen molar-refractivity contribution in [3.8, 4) is 0 Å². The molecule has 1 nitrogen and oxygen atoms in total. The van der Waals surface area contributed by atoms with Gasteiger partial charge in [0.1, 0.15) is 0 Å². The molecule has 1 saturated carbocycles. The second kappa shape index (κ2) is 6.12. The zero-order valence-corrected chi connectivity index (χ0v) is 14.0. The monoisotopic (exact) mass is 285 g/mol. The Kier molecular flexibility index (Phi) is 4.40. The highest BCUT2D eigenvalue weighted by atomic mass is 14.9. The Morgan fingerprint density at radius 3 is 2.57 bits per heavy atom. The van der Waals surface area contributed by atoms with Crippen LogP contribution >= 0.6 is 0 Å². The average Bonchev–Trinajstić information content (AvgIpc) is 2.83. The Hall–Kier alpha value is -0.820. The van der Waals surface area contributed by atoms with Gasteiger partial charge in [0.15, 0.2) is 0 Å². The standard InChI is InChI=1S/C20H31N/c1-4-21-19(18-10-7-13-20(18,2)3)17-12-11-15-8-5-6-9-16(15)14-17/h11-12,14,18-19,21H,4-10,13H2,1-3H3. The van der Waals surface area contributed by atoms with Crippen molar-refractivity contribution in [3.05, 3.63) is 34.9 Å². The number of nitrogens with one attached hydrogen (secondary N) is 1. The Morgan fingerprint density at radius 2 is 1.90 bits per heavy atom. The van der Waals surface area contributed by atoms with E-state index in [1.165, 1.54) is 50.5 Å². The summed E-state index contributed by atoms with van der Waals surface area (Å²) in [5, 5.41) is 3.80. The van der Waals surface area contributed by atoms with Gasteiger partial charge in [0.25, 0.3) is 0 Å². The minimum Gasteiger partial charge on any atom is -0.310 e. The van der Waals surface area contributed by atoms with Crippen molar-refractivity contribution in [2.75, 3.05) is 6.54 Å². The summed E-state index contributed by atoms with van der Waals surface area (Å²) in [6.45, 7) is 8.24. The van der Waals surface area contributed by atoms with Crippen LogP contribution < -0.4 is 5.32 Å². The molecule has 21 heavy (non-hydrogen) atoms. The van der Waals surface area contributed by atoms with Crippen LogP contribution in [0.1, 0.15) is 75.6 Å². The number of aryl methyl sites for hydroxylation is 2. The van der Waals surface area contributed by atoms with Crippen LogP contribution in [0.2, 0.25) is 0 Å². The molecule has 1 N–H and O–H groups in total. The predicted octanol–water partition coefficient (Wildman–Crippen LogP) is 5.04. The van der Waals surface area contributed by atoms with Crippen molar-refractivity contribution < 1.29 is 0 Å². The highest BCUT2D eigenvalue weighted by Crippen LogP contribution is 2.48. The molecule has 1 heteroatoms. The molecule has 2 unspecified atom stereocenters. The van der Waals surface area contributed by atoms with Gasteiger partial charge in [0.2, 0.25) is 0 Å². The first kappa shape index (κ1) is 15.1. The van der Waals surface area contributed by atoms with E-state index in [1.54, 1.807) is 11.1 Å². The zero-order chi connectivity index (χ0) is 14.9. The van der Waals surface area contributed by atoms with E-state index < -0.39 is 0 Å². The van der Waals surface area contributed by atoms with Crippen molar-refractivity contribution in [3.63, 3.8) is 0 Å². The summed E-state index contributed by atoms with van der Waals surface area (Å²) in [6, 6.07) is 7.89. The fraction of sp³-hybridized carbons (Fsp3) is 0.700. The summed E-state index contributed by atoms with van der Waals surface area (Å²) in [7, 11) is 0. The SMILES string of the molecule is CCNC(c1ccc2c(c1)CCCC2)C1CCCC1(C)C. The fourth-order valence-electron chi connectivity index (χ4n) is 4.63. The van der Waals surface area contributed by atoms with Crippen LogP contribution in [0, 0.1) is 11.3 Å². The third-order valence-corrected chi connectivity index (χ3v) is 5.90. The van der Waals surface area contributed by atoms with Crippen molar-refractivity contribution in [1.82, 2.24) is 5.32 Å². The van der Waals surface area contributed by atoms with E-state index in [-0.39, 0.29) is 0 Å². The summed E-state index contributed by atoms with van der Waals surface area (Å²) in [6.07, 6.45) is 9.47. The average molecular weight is 285 g/mol. The van der Waals surface area contributed by atoms with E-state index in [4.69, 9.17) is 0 Å². The lowest BCUT2D eigenvalue weighted by Gasteiger charge is -2.35. The number of hydrogen-bond acceptors (Lipinski definition) is 1. The van der Waals surface area contributed by atoms with Gasteiger partial charge in [-0.25, -0.2) is 0 Å². The molecule has 1 fully saturated rings. The molecule has 0 amide bonds. The summed E-state index contributed by atoms with van der Waals surface area (Å²) in [5.74, 6) is 0.777. The molecule has 0 spiro atoms. The molecule has 1 aromatic carbocycles. The van der Waals surface area contributed by atoms with E-state index in [9.17, 15) is 0 Å². The topological polar surface area (TPSA) is 12.0 Å². The second-order valence-electron chi connectivity index (χ2n) is 7.76. The quantitative estimate of drug-likeness (QED) is 0.817. The highest BCUT2D eigenvalue weighted by Gasteiger charge is 2.39. The summed E-state index contributed by atoms with van der Waals surface area (Å²) in [5.41, 5.74) is 5.24. The maximum atomic E-state index is 3.80. The summed E-state index contributed by atoms with van der Waals surface area (Å²) < 4.78 is 0. The Balaban J connectivity index is 1.90. The number of fused-ring (bicyclic) bond motifs is 1. The minimum atomic E-state index is 0.475. The molecule has 0 aromatic heterocycles. The van der Waals surface area contributed by atoms with Gasteiger partial charge in [0, 0.05) is 6.04 Å². The third-order valence-electron chi connectivity index (χ3n) is 5.90. The minimum absolute atomic E-state index is 0.475. The Labute approximate surface area is 130 Å². The first-order valence-corrected chi connectivity index (χ1v) is 8.97. The molecule has 2 atom stereocenters. The molecular formula is C20H31N. The highest BCUT2D eigenvalue weighted by molar-refractivity contribution is 5.35. The van der Waals surface area contributed by atoms with Crippen LogP contribution in [-0.2, 0) is 12.8 Å². The van der Waals surface area contributed by atoms with Crippen LogP contribution in [0.25, 0.3) is 0 Å². The molecule has 3 rings (SSSR count). The van der Waals surface area contributed by atoms with E-state index in [0.717, 1.165) is 12.5 Å². The molecule has 0 saturated heterocycles. The van der Waals surface area contributed by atoms with E-state index >= 15 is 0 Å². The van der Waals surface area contributed by atoms with Crippen LogP contribution in [0.15, 0.2) is 18.2 Å². The van der Waals surface area contributed by atoms with Gasteiger partial charge in [-0.1, -0.05) is 45.4 Å². The fourth-order valence-corrected chi connectivity index (χ4v) is 4.63. The van der Waals surface area contributed by atoms with Gasteiger partial charge in [-0.2, -0.15) is 0 Å². The van der Waals surface area contributed by atoms with Crippen molar-refractivity contribution in [1.29, 1.82) is 0 Å². The molecule has 2 aliphatic carbocycles. The van der Waals surface area contributed by atoms with E-state index in [0.29, 0.717) is 11.5 Å². The molecule has 0 radical (unpaired) electrons. The van der Waals surface area contributed by atoms with Gasteiger partial charge in [0.05, 0.1) is 0 Å².